The van der Waals surface area contributed by atoms with Crippen LogP contribution in [0.3, 0.4) is 0 Å². The fourth-order valence-corrected chi connectivity index (χ4v) is 0.935. The molecule has 0 aliphatic rings. The Labute approximate surface area is 90.6 Å². The van der Waals surface area contributed by atoms with Crippen LogP contribution in [0.15, 0.2) is 24.3 Å². The summed E-state index contributed by atoms with van der Waals surface area (Å²) in [5.74, 6) is 0. The molecule has 0 aromatic heterocycles. The monoisotopic (exact) mass is 158 g/mol. The van der Waals surface area contributed by atoms with Gasteiger partial charge >= 0.3 is 29.6 Å². The number of carbonyl (C=O) groups excluding carboxylic acids is 1. The summed E-state index contributed by atoms with van der Waals surface area (Å²) in [7, 11) is 0. The van der Waals surface area contributed by atoms with Gasteiger partial charge in [0.15, 0.2) is 0 Å². The van der Waals surface area contributed by atoms with E-state index in [1.807, 2.05) is 31.2 Å². The van der Waals surface area contributed by atoms with Gasteiger partial charge in [0.2, 0.25) is 0 Å². The molecule has 1 aromatic rings. The van der Waals surface area contributed by atoms with E-state index in [2.05, 4.69) is 0 Å². The van der Waals surface area contributed by atoms with Crippen LogP contribution in [0.25, 0.3) is 0 Å². The molecule has 0 unspecified atom stereocenters. The van der Waals surface area contributed by atoms with Crippen molar-refractivity contribution in [3.05, 3.63) is 35.4 Å². The van der Waals surface area contributed by atoms with Crippen molar-refractivity contribution in [3.63, 3.8) is 0 Å². The van der Waals surface area contributed by atoms with Crippen LogP contribution in [-0.2, 0) is 11.2 Å². The molecule has 0 saturated heterocycles. The van der Waals surface area contributed by atoms with Crippen LogP contribution in [0.4, 0.5) is 0 Å². The minimum Gasteiger partial charge on any atom is -1.00 e. The van der Waals surface area contributed by atoms with E-state index >= 15 is 0 Å². The van der Waals surface area contributed by atoms with Crippen LogP contribution < -0.4 is 29.6 Å². The molecule has 1 rings (SSSR count). The first kappa shape index (κ1) is 10.9. The second-order valence-electron chi connectivity index (χ2n) is 2.36. The maximum absolute atomic E-state index is 10.1. The van der Waals surface area contributed by atoms with Crippen molar-refractivity contribution in [1.29, 1.82) is 0 Å². The fraction of sp³-hybridized carbons (Fsp3) is 0.222. The van der Waals surface area contributed by atoms with Crippen LogP contribution in [0.5, 0.6) is 0 Å². The Morgan fingerprint density at radius 1 is 1.55 bits per heavy atom. The minimum absolute atomic E-state index is 0. The van der Waals surface area contributed by atoms with Gasteiger partial charge < -0.3 is 6.22 Å². The van der Waals surface area contributed by atoms with Gasteiger partial charge in [0.1, 0.15) is 6.29 Å². The molecular formula is C9H11NaO. The van der Waals surface area contributed by atoms with Gasteiger partial charge in [-0.05, 0) is 12.5 Å². The standard InChI is InChI=1S/C9H10O.Na.H/c1-8-3-2-4-9(7-8)5-6-10;;/h2-4,6-7H,5H2,1H3;;/q;+1;-1. The molecule has 11 heavy (non-hydrogen) atoms. The molecule has 1 aromatic carbocycles. The average Bonchev–Trinajstić information content (AvgIpc) is 1.88. The minimum atomic E-state index is 0. The first-order valence-corrected chi connectivity index (χ1v) is 3.32. The van der Waals surface area contributed by atoms with Crippen LogP contribution in [0.2, 0.25) is 0 Å². The van der Waals surface area contributed by atoms with E-state index in [0.29, 0.717) is 6.42 Å². The van der Waals surface area contributed by atoms with E-state index in [1.165, 1.54) is 5.56 Å². The zero-order valence-electron chi connectivity index (χ0n) is 8.00. The van der Waals surface area contributed by atoms with Crippen LogP contribution >= 0.6 is 0 Å². The smallest absolute Gasteiger partial charge is 1.00 e. The summed E-state index contributed by atoms with van der Waals surface area (Å²) in [6.07, 6.45) is 1.45. The van der Waals surface area contributed by atoms with Gasteiger partial charge in [-0.15, -0.1) is 0 Å². The average molecular weight is 158 g/mol. The quantitative estimate of drug-likeness (QED) is 0.392. The van der Waals surface area contributed by atoms with Crippen LogP contribution in [-0.4, -0.2) is 6.29 Å². The molecule has 0 N–H and O–H groups in total. The number of rotatable bonds is 2. The predicted octanol–water partition coefficient (Wildman–Crippen LogP) is -1.15. The molecule has 0 fully saturated rings. The molecule has 0 saturated carbocycles. The van der Waals surface area contributed by atoms with Gasteiger partial charge in [0.25, 0.3) is 0 Å². The summed E-state index contributed by atoms with van der Waals surface area (Å²) in [4.78, 5) is 10.1. The third kappa shape index (κ3) is 3.71. The maximum Gasteiger partial charge on any atom is 1.00 e. The molecule has 0 heterocycles. The van der Waals surface area contributed by atoms with Crippen molar-refractivity contribution < 1.29 is 35.8 Å². The van der Waals surface area contributed by atoms with E-state index in [9.17, 15) is 4.79 Å². The maximum atomic E-state index is 10.1. The zero-order valence-corrected chi connectivity index (χ0v) is 9.00. The number of aldehydes is 1. The number of aryl methyl sites for hydroxylation is 1. The molecule has 0 spiro atoms. The van der Waals surface area contributed by atoms with Gasteiger partial charge in [-0.1, -0.05) is 29.8 Å². The third-order valence-corrected chi connectivity index (χ3v) is 1.40. The van der Waals surface area contributed by atoms with Crippen molar-refractivity contribution in [1.82, 2.24) is 0 Å². The SMILES string of the molecule is Cc1cccc(CC=O)c1.[H-].[Na+]. The molecule has 2 heteroatoms. The molecule has 0 bridgehead atoms. The number of hydrogen-bond donors (Lipinski definition) is 0. The molecular weight excluding hydrogens is 147 g/mol. The molecule has 54 valence electrons. The van der Waals surface area contributed by atoms with Gasteiger partial charge in [-0.25, -0.2) is 0 Å². The van der Waals surface area contributed by atoms with E-state index in [0.717, 1.165) is 11.8 Å². The number of hydrogen-bond acceptors (Lipinski definition) is 1. The molecule has 1 nitrogen and oxygen atoms in total. The van der Waals surface area contributed by atoms with Crippen molar-refractivity contribution >= 4 is 6.29 Å². The van der Waals surface area contributed by atoms with Gasteiger partial charge in [-0.2, -0.15) is 0 Å². The molecule has 0 atom stereocenters. The van der Waals surface area contributed by atoms with Crippen LogP contribution in [0.1, 0.15) is 12.6 Å². The molecule has 0 amide bonds. The molecule has 0 aliphatic carbocycles. The van der Waals surface area contributed by atoms with Crippen molar-refractivity contribution in [2.45, 2.75) is 13.3 Å². The molecule has 0 aliphatic heterocycles. The summed E-state index contributed by atoms with van der Waals surface area (Å²) in [5, 5.41) is 0. The Hall–Kier alpha value is -0.110. The Morgan fingerprint density at radius 3 is 2.82 bits per heavy atom. The van der Waals surface area contributed by atoms with Crippen molar-refractivity contribution in [3.8, 4) is 0 Å². The fourth-order valence-electron chi connectivity index (χ4n) is 0.935. The number of benzene rings is 1. The Morgan fingerprint density at radius 2 is 2.27 bits per heavy atom. The zero-order chi connectivity index (χ0) is 7.40. The summed E-state index contributed by atoms with van der Waals surface area (Å²) in [6.45, 7) is 2.02. The topological polar surface area (TPSA) is 17.1 Å². The Kier molecular flexibility index (Phi) is 5.47. The summed E-state index contributed by atoms with van der Waals surface area (Å²) in [6, 6.07) is 7.97. The van der Waals surface area contributed by atoms with E-state index in [1.54, 1.807) is 0 Å². The molecule has 0 radical (unpaired) electrons. The van der Waals surface area contributed by atoms with E-state index in [4.69, 9.17) is 0 Å². The normalized spacial score (nSPS) is 8.45. The summed E-state index contributed by atoms with van der Waals surface area (Å²) < 4.78 is 0. The van der Waals surface area contributed by atoms with Crippen molar-refractivity contribution in [2.24, 2.45) is 0 Å². The summed E-state index contributed by atoms with van der Waals surface area (Å²) >= 11 is 0. The predicted molar refractivity (Wildman–Crippen MR) is 42.1 cm³/mol. The second-order valence-corrected chi connectivity index (χ2v) is 2.36. The van der Waals surface area contributed by atoms with Crippen LogP contribution in [0, 0.1) is 6.92 Å². The van der Waals surface area contributed by atoms with Crippen molar-refractivity contribution in [2.75, 3.05) is 0 Å². The first-order valence-electron chi connectivity index (χ1n) is 3.32. The summed E-state index contributed by atoms with van der Waals surface area (Å²) in [5.41, 5.74) is 2.30. The van der Waals surface area contributed by atoms with Gasteiger partial charge in [-0.3, -0.25) is 0 Å². The Balaban J connectivity index is 0. The van der Waals surface area contributed by atoms with E-state index < -0.39 is 0 Å². The largest absolute Gasteiger partial charge is 1.00 e. The second kappa shape index (κ2) is 5.53. The third-order valence-electron chi connectivity index (χ3n) is 1.40. The van der Waals surface area contributed by atoms with Gasteiger partial charge in [0.05, 0.1) is 0 Å². The van der Waals surface area contributed by atoms with E-state index in [-0.39, 0.29) is 31.0 Å². The Bertz CT molecular complexity index is 238. The van der Waals surface area contributed by atoms with Gasteiger partial charge in [0, 0.05) is 6.42 Å². The first-order chi connectivity index (χ1) is 4.83. The number of carbonyl (C=O) groups is 1.